The Hall–Kier alpha value is -2.29. The van der Waals surface area contributed by atoms with E-state index in [1.807, 2.05) is 43.3 Å². The first kappa shape index (κ1) is 17.1. The van der Waals surface area contributed by atoms with Gasteiger partial charge in [0.1, 0.15) is 5.75 Å². The number of hydrogen-bond acceptors (Lipinski definition) is 2. The topological polar surface area (TPSA) is 38.3 Å². The van der Waals surface area contributed by atoms with Crippen molar-refractivity contribution in [3.63, 3.8) is 0 Å². The Morgan fingerprint density at radius 3 is 2.30 bits per heavy atom. The maximum atomic E-state index is 12.3. The van der Waals surface area contributed by atoms with Crippen LogP contribution in [0.2, 0.25) is 0 Å². The van der Waals surface area contributed by atoms with Crippen LogP contribution in [0.3, 0.4) is 0 Å². The number of hydrogen-bond donors (Lipinski definition) is 1. The number of para-hydroxylation sites is 1. The van der Waals surface area contributed by atoms with E-state index in [9.17, 15) is 4.79 Å². The minimum absolute atomic E-state index is 0.148. The van der Waals surface area contributed by atoms with E-state index in [0.29, 0.717) is 5.92 Å². The van der Waals surface area contributed by atoms with Gasteiger partial charge in [-0.3, -0.25) is 4.79 Å². The third-order valence-electron chi connectivity index (χ3n) is 3.95. The Bertz CT molecular complexity index is 692. The summed E-state index contributed by atoms with van der Waals surface area (Å²) in [5, 5.41) is 2.91. The second-order valence-corrected chi connectivity index (χ2v) is 6.24. The van der Waals surface area contributed by atoms with Crippen LogP contribution in [0.15, 0.2) is 42.5 Å². The van der Waals surface area contributed by atoms with Crippen LogP contribution in [0.5, 0.6) is 5.75 Å². The normalized spacial score (nSPS) is 12.1. The van der Waals surface area contributed by atoms with Crippen LogP contribution in [0.1, 0.15) is 43.4 Å². The molecule has 1 amide bonds. The van der Waals surface area contributed by atoms with E-state index >= 15 is 0 Å². The molecule has 0 aliphatic carbocycles. The molecule has 3 heteroatoms. The minimum Gasteiger partial charge on any atom is -0.481 e. The molecule has 2 aromatic rings. The maximum Gasteiger partial charge on any atom is 0.265 e. The molecule has 23 heavy (non-hydrogen) atoms. The number of benzene rings is 2. The highest BCUT2D eigenvalue weighted by atomic mass is 16.5. The van der Waals surface area contributed by atoms with Crippen molar-refractivity contribution in [2.45, 2.75) is 46.6 Å². The van der Waals surface area contributed by atoms with Crippen LogP contribution in [-0.4, -0.2) is 12.0 Å². The molecule has 0 fully saturated rings. The lowest BCUT2D eigenvalue weighted by Crippen LogP contribution is -2.30. The summed E-state index contributed by atoms with van der Waals surface area (Å²) < 4.78 is 5.79. The first-order chi connectivity index (χ1) is 10.9. The van der Waals surface area contributed by atoms with Crippen molar-refractivity contribution in [1.29, 1.82) is 0 Å². The zero-order valence-corrected chi connectivity index (χ0v) is 14.5. The predicted octanol–water partition coefficient (Wildman–Crippen LogP) is 4.83. The number of amides is 1. The summed E-state index contributed by atoms with van der Waals surface area (Å²) in [4.78, 5) is 12.3. The van der Waals surface area contributed by atoms with Crippen LogP contribution < -0.4 is 10.1 Å². The molecule has 0 aromatic heterocycles. The molecule has 0 saturated carbocycles. The van der Waals surface area contributed by atoms with Crippen molar-refractivity contribution in [3.05, 3.63) is 59.2 Å². The molecular weight excluding hydrogens is 286 g/mol. The summed E-state index contributed by atoms with van der Waals surface area (Å²) in [6.07, 6.45) is -0.557. The molecule has 2 rings (SSSR count). The molecule has 1 N–H and O–H groups in total. The van der Waals surface area contributed by atoms with E-state index in [-0.39, 0.29) is 5.91 Å². The van der Waals surface area contributed by atoms with Gasteiger partial charge in [0.05, 0.1) is 0 Å². The number of ether oxygens (including phenoxy) is 1. The Morgan fingerprint density at radius 1 is 1.00 bits per heavy atom. The number of nitrogens with one attached hydrogen (secondary N) is 1. The van der Waals surface area contributed by atoms with Crippen molar-refractivity contribution in [2.75, 3.05) is 5.32 Å². The van der Waals surface area contributed by atoms with E-state index in [2.05, 4.69) is 32.2 Å². The van der Waals surface area contributed by atoms with E-state index in [1.165, 1.54) is 11.1 Å². The fraction of sp³-hybridized carbons (Fsp3) is 0.350. The molecule has 122 valence electrons. The molecule has 2 aromatic carbocycles. The van der Waals surface area contributed by atoms with Gasteiger partial charge in [-0.05, 0) is 61.6 Å². The van der Waals surface area contributed by atoms with Gasteiger partial charge in [-0.15, -0.1) is 0 Å². The molecule has 0 radical (unpaired) electrons. The maximum absolute atomic E-state index is 12.3. The lowest BCUT2D eigenvalue weighted by Gasteiger charge is -2.17. The first-order valence-electron chi connectivity index (χ1n) is 8.02. The second-order valence-electron chi connectivity index (χ2n) is 6.24. The SMILES string of the molecule is Cc1ccccc1NC(=O)C(C)Oc1ccc(C(C)C)c(C)c1. The average Bonchev–Trinajstić information content (AvgIpc) is 2.49. The van der Waals surface area contributed by atoms with Crippen molar-refractivity contribution in [2.24, 2.45) is 0 Å². The van der Waals surface area contributed by atoms with Gasteiger partial charge < -0.3 is 10.1 Å². The highest BCUT2D eigenvalue weighted by Crippen LogP contribution is 2.24. The summed E-state index contributed by atoms with van der Waals surface area (Å²) in [7, 11) is 0. The molecule has 0 bridgehead atoms. The molecule has 0 saturated heterocycles. The van der Waals surface area contributed by atoms with Crippen LogP contribution in [0, 0.1) is 13.8 Å². The third-order valence-corrected chi connectivity index (χ3v) is 3.95. The van der Waals surface area contributed by atoms with Crippen molar-refractivity contribution >= 4 is 11.6 Å². The standard InChI is InChI=1S/C20H25NO2/c1-13(2)18-11-10-17(12-15(18)4)23-16(5)20(22)21-19-9-7-6-8-14(19)3/h6-13,16H,1-5H3,(H,21,22). The first-order valence-corrected chi connectivity index (χ1v) is 8.02. The monoisotopic (exact) mass is 311 g/mol. The van der Waals surface area contributed by atoms with Crippen LogP contribution in [0.25, 0.3) is 0 Å². The van der Waals surface area contributed by atoms with Gasteiger partial charge in [-0.25, -0.2) is 0 Å². The van der Waals surface area contributed by atoms with Crippen LogP contribution >= 0.6 is 0 Å². The summed E-state index contributed by atoms with van der Waals surface area (Å²) in [5.74, 6) is 1.05. The number of rotatable bonds is 5. The molecule has 0 aliphatic heterocycles. The smallest absolute Gasteiger partial charge is 0.265 e. The lowest BCUT2D eigenvalue weighted by molar-refractivity contribution is -0.122. The Balaban J connectivity index is 2.04. The summed E-state index contributed by atoms with van der Waals surface area (Å²) >= 11 is 0. The summed E-state index contributed by atoms with van der Waals surface area (Å²) in [6, 6.07) is 13.7. The molecule has 1 atom stereocenters. The lowest BCUT2D eigenvalue weighted by atomic mass is 9.98. The van der Waals surface area contributed by atoms with Crippen LogP contribution in [-0.2, 0) is 4.79 Å². The van der Waals surface area contributed by atoms with E-state index in [4.69, 9.17) is 4.74 Å². The number of aryl methyl sites for hydroxylation is 2. The third kappa shape index (κ3) is 4.35. The number of carbonyl (C=O) groups is 1. The molecule has 1 unspecified atom stereocenters. The number of carbonyl (C=O) groups excluding carboxylic acids is 1. The fourth-order valence-electron chi connectivity index (χ4n) is 2.57. The molecule has 0 heterocycles. The van der Waals surface area contributed by atoms with E-state index in [1.54, 1.807) is 6.92 Å². The average molecular weight is 311 g/mol. The highest BCUT2D eigenvalue weighted by molar-refractivity contribution is 5.94. The van der Waals surface area contributed by atoms with Gasteiger partial charge in [-0.1, -0.05) is 38.1 Å². The van der Waals surface area contributed by atoms with Crippen molar-refractivity contribution in [3.8, 4) is 5.75 Å². The van der Waals surface area contributed by atoms with Gasteiger partial charge in [0.25, 0.3) is 5.91 Å². The minimum atomic E-state index is -0.557. The Labute approximate surface area is 138 Å². The largest absolute Gasteiger partial charge is 0.481 e. The summed E-state index contributed by atoms with van der Waals surface area (Å²) in [5.41, 5.74) is 4.34. The van der Waals surface area contributed by atoms with Gasteiger partial charge in [0.2, 0.25) is 0 Å². The van der Waals surface area contributed by atoms with Gasteiger partial charge in [-0.2, -0.15) is 0 Å². The Kier molecular flexibility index (Phi) is 5.43. The molecular formula is C20H25NO2. The summed E-state index contributed by atoms with van der Waals surface area (Å²) in [6.45, 7) is 10.1. The zero-order chi connectivity index (χ0) is 17.0. The van der Waals surface area contributed by atoms with Gasteiger partial charge in [0.15, 0.2) is 6.10 Å². The highest BCUT2D eigenvalue weighted by Gasteiger charge is 2.16. The quantitative estimate of drug-likeness (QED) is 0.858. The van der Waals surface area contributed by atoms with Crippen molar-refractivity contribution < 1.29 is 9.53 Å². The van der Waals surface area contributed by atoms with Crippen molar-refractivity contribution in [1.82, 2.24) is 0 Å². The zero-order valence-electron chi connectivity index (χ0n) is 14.5. The molecule has 3 nitrogen and oxygen atoms in total. The van der Waals surface area contributed by atoms with Gasteiger partial charge in [0, 0.05) is 5.69 Å². The van der Waals surface area contributed by atoms with E-state index in [0.717, 1.165) is 17.0 Å². The number of anilines is 1. The molecule has 0 spiro atoms. The second kappa shape index (κ2) is 7.32. The fourth-order valence-corrected chi connectivity index (χ4v) is 2.57. The van der Waals surface area contributed by atoms with E-state index < -0.39 is 6.10 Å². The van der Waals surface area contributed by atoms with Gasteiger partial charge >= 0.3 is 0 Å². The predicted molar refractivity (Wildman–Crippen MR) is 95.2 cm³/mol. The molecule has 0 aliphatic rings. The van der Waals surface area contributed by atoms with Crippen LogP contribution in [0.4, 0.5) is 5.69 Å². The Morgan fingerprint density at radius 2 is 1.70 bits per heavy atom.